The van der Waals surface area contributed by atoms with Gasteiger partial charge in [0, 0.05) is 23.2 Å². The molecule has 0 radical (unpaired) electrons. The lowest BCUT2D eigenvalue weighted by atomic mass is 10.0. The normalized spacial score (nSPS) is 16.1. The number of thiophene rings is 1. The Morgan fingerprint density at radius 2 is 2.24 bits per heavy atom. The minimum Gasteiger partial charge on any atom is -0.396 e. The summed E-state index contributed by atoms with van der Waals surface area (Å²) in [6.45, 7) is 0.685. The van der Waals surface area contributed by atoms with Gasteiger partial charge in [-0.3, -0.25) is 4.79 Å². The van der Waals surface area contributed by atoms with Crippen LogP contribution >= 0.6 is 22.9 Å². The third-order valence-corrected chi connectivity index (χ3v) is 5.68. The first-order chi connectivity index (χ1) is 10.0. The zero-order valence-electron chi connectivity index (χ0n) is 11.3. The summed E-state index contributed by atoms with van der Waals surface area (Å²) in [6, 6.07) is 4.31. The van der Waals surface area contributed by atoms with Crippen LogP contribution in [0.3, 0.4) is 0 Å². The van der Waals surface area contributed by atoms with Gasteiger partial charge in [0.25, 0.3) is 5.91 Å². The average Bonchev–Trinajstić information content (AvgIpc) is 3.15. The van der Waals surface area contributed by atoms with Gasteiger partial charge in [0.15, 0.2) is 0 Å². The highest BCUT2D eigenvalue weighted by atomic mass is 35.5. The molecule has 0 bridgehead atoms. The van der Waals surface area contributed by atoms with Crippen molar-refractivity contribution in [3.05, 3.63) is 33.9 Å². The Morgan fingerprint density at radius 1 is 1.48 bits per heavy atom. The molecule has 1 aromatic carbocycles. The van der Waals surface area contributed by atoms with Crippen molar-refractivity contribution in [3.8, 4) is 0 Å². The number of fused-ring (bicyclic) bond motifs is 1. The van der Waals surface area contributed by atoms with E-state index in [0.717, 1.165) is 12.8 Å². The monoisotopic (exact) mass is 327 g/mol. The SMILES string of the molecule is O=C(NCC1(CCO)CC1)c1sc2cc(F)ccc2c1Cl. The number of nitrogens with one attached hydrogen (secondary N) is 1. The summed E-state index contributed by atoms with van der Waals surface area (Å²) >= 11 is 7.42. The molecule has 6 heteroatoms. The van der Waals surface area contributed by atoms with Crippen molar-refractivity contribution in [1.82, 2.24) is 5.32 Å². The second-order valence-corrected chi connectivity index (χ2v) is 6.97. The van der Waals surface area contributed by atoms with Crippen molar-refractivity contribution in [1.29, 1.82) is 0 Å². The molecule has 1 aromatic heterocycles. The lowest BCUT2D eigenvalue weighted by Crippen LogP contribution is -2.30. The minimum atomic E-state index is -0.341. The number of hydrogen-bond acceptors (Lipinski definition) is 3. The summed E-state index contributed by atoms with van der Waals surface area (Å²) in [5.74, 6) is -0.571. The van der Waals surface area contributed by atoms with Gasteiger partial charge in [-0.05, 0) is 42.9 Å². The minimum absolute atomic E-state index is 0.0552. The smallest absolute Gasteiger partial charge is 0.262 e. The fourth-order valence-electron chi connectivity index (χ4n) is 2.46. The van der Waals surface area contributed by atoms with Crippen LogP contribution in [-0.2, 0) is 0 Å². The maximum Gasteiger partial charge on any atom is 0.262 e. The molecule has 1 fully saturated rings. The van der Waals surface area contributed by atoms with Gasteiger partial charge >= 0.3 is 0 Å². The van der Waals surface area contributed by atoms with E-state index in [9.17, 15) is 9.18 Å². The van der Waals surface area contributed by atoms with Gasteiger partial charge in [-0.2, -0.15) is 0 Å². The van der Waals surface area contributed by atoms with Crippen molar-refractivity contribution < 1.29 is 14.3 Å². The number of aliphatic hydroxyl groups is 1. The number of rotatable bonds is 5. The number of halogens is 2. The Bertz CT molecular complexity index is 696. The molecule has 2 N–H and O–H groups in total. The van der Waals surface area contributed by atoms with Crippen LogP contribution in [0.2, 0.25) is 5.02 Å². The summed E-state index contributed by atoms with van der Waals surface area (Å²) in [5, 5.41) is 13.0. The number of amides is 1. The van der Waals surface area contributed by atoms with Crippen LogP contribution in [0.25, 0.3) is 10.1 Å². The molecule has 0 atom stereocenters. The van der Waals surface area contributed by atoms with E-state index < -0.39 is 0 Å². The Labute approximate surface area is 130 Å². The second kappa shape index (κ2) is 5.55. The molecule has 1 amide bonds. The standard InChI is InChI=1S/C15H15ClFNO2S/c16-12-10-2-1-9(17)7-11(10)21-13(12)14(20)18-8-15(3-4-15)5-6-19/h1-2,7,19H,3-6,8H2,(H,18,20). The molecule has 1 aliphatic carbocycles. The molecule has 1 heterocycles. The van der Waals surface area contributed by atoms with Gasteiger partial charge in [0.2, 0.25) is 0 Å². The van der Waals surface area contributed by atoms with Crippen molar-refractivity contribution in [2.75, 3.05) is 13.2 Å². The Balaban J connectivity index is 1.77. The molecular formula is C15H15ClFNO2S. The van der Waals surface area contributed by atoms with E-state index in [1.807, 2.05) is 0 Å². The molecule has 1 saturated carbocycles. The summed E-state index contributed by atoms with van der Waals surface area (Å²) in [6.07, 6.45) is 2.76. The molecule has 3 rings (SSSR count). The summed E-state index contributed by atoms with van der Waals surface area (Å²) in [4.78, 5) is 12.7. The predicted octanol–water partition coefficient (Wildman–Crippen LogP) is 3.59. The maximum absolute atomic E-state index is 13.2. The maximum atomic E-state index is 13.2. The van der Waals surface area contributed by atoms with Crippen LogP contribution in [0.1, 0.15) is 28.9 Å². The van der Waals surface area contributed by atoms with Crippen molar-refractivity contribution in [2.45, 2.75) is 19.3 Å². The lowest BCUT2D eigenvalue weighted by molar-refractivity contribution is 0.0945. The van der Waals surface area contributed by atoms with Gasteiger partial charge in [-0.1, -0.05) is 11.6 Å². The van der Waals surface area contributed by atoms with Crippen LogP contribution in [0.4, 0.5) is 4.39 Å². The topological polar surface area (TPSA) is 49.3 Å². The quantitative estimate of drug-likeness (QED) is 0.881. The van der Waals surface area contributed by atoms with Crippen LogP contribution in [-0.4, -0.2) is 24.2 Å². The first-order valence-corrected chi connectivity index (χ1v) is 8.01. The predicted molar refractivity (Wildman–Crippen MR) is 82.5 cm³/mol. The third-order valence-electron chi connectivity index (χ3n) is 4.02. The van der Waals surface area contributed by atoms with Crippen LogP contribution in [0.5, 0.6) is 0 Å². The Morgan fingerprint density at radius 3 is 2.90 bits per heavy atom. The summed E-state index contributed by atoms with van der Waals surface area (Å²) in [7, 11) is 0. The number of carbonyl (C=O) groups excluding carboxylic acids is 1. The van der Waals surface area contributed by atoms with E-state index in [1.54, 1.807) is 6.07 Å². The van der Waals surface area contributed by atoms with Gasteiger partial charge in [-0.15, -0.1) is 11.3 Å². The molecule has 0 spiro atoms. The van der Waals surface area contributed by atoms with Crippen LogP contribution in [0, 0.1) is 11.2 Å². The van der Waals surface area contributed by atoms with E-state index in [-0.39, 0.29) is 23.7 Å². The fourth-order valence-corrected chi connectivity index (χ4v) is 3.92. The highest BCUT2D eigenvalue weighted by Gasteiger charge is 2.42. The molecule has 112 valence electrons. The number of hydrogen-bond donors (Lipinski definition) is 2. The van der Waals surface area contributed by atoms with Crippen LogP contribution < -0.4 is 5.32 Å². The summed E-state index contributed by atoms with van der Waals surface area (Å²) in [5.41, 5.74) is 0.0552. The second-order valence-electron chi connectivity index (χ2n) is 5.54. The van der Waals surface area contributed by atoms with E-state index in [0.29, 0.717) is 33.0 Å². The highest BCUT2D eigenvalue weighted by molar-refractivity contribution is 7.21. The van der Waals surface area contributed by atoms with Gasteiger partial charge < -0.3 is 10.4 Å². The first-order valence-electron chi connectivity index (χ1n) is 6.81. The molecule has 1 aliphatic rings. The molecule has 0 unspecified atom stereocenters. The number of carbonyl (C=O) groups is 1. The first kappa shape index (κ1) is 14.8. The molecule has 0 saturated heterocycles. The van der Waals surface area contributed by atoms with Crippen molar-refractivity contribution in [2.24, 2.45) is 5.41 Å². The number of aliphatic hydroxyl groups excluding tert-OH is 1. The van der Waals surface area contributed by atoms with Gasteiger partial charge in [0.1, 0.15) is 10.7 Å². The molecular weight excluding hydrogens is 313 g/mol. The molecule has 0 aliphatic heterocycles. The summed E-state index contributed by atoms with van der Waals surface area (Å²) < 4.78 is 13.9. The average molecular weight is 328 g/mol. The van der Waals surface area contributed by atoms with Gasteiger partial charge in [0.05, 0.1) is 5.02 Å². The lowest BCUT2D eigenvalue weighted by Gasteiger charge is -2.14. The Kier molecular flexibility index (Phi) is 3.90. The van der Waals surface area contributed by atoms with E-state index in [4.69, 9.17) is 16.7 Å². The molecule has 21 heavy (non-hydrogen) atoms. The van der Waals surface area contributed by atoms with Crippen molar-refractivity contribution >= 4 is 38.9 Å². The molecule has 3 nitrogen and oxygen atoms in total. The van der Waals surface area contributed by atoms with Crippen molar-refractivity contribution in [3.63, 3.8) is 0 Å². The third kappa shape index (κ3) is 2.91. The van der Waals surface area contributed by atoms with E-state index in [2.05, 4.69) is 5.32 Å². The number of benzene rings is 1. The van der Waals surface area contributed by atoms with E-state index in [1.165, 1.54) is 23.5 Å². The zero-order chi connectivity index (χ0) is 15.0. The van der Waals surface area contributed by atoms with E-state index >= 15 is 0 Å². The highest BCUT2D eigenvalue weighted by Crippen LogP contribution is 2.48. The largest absolute Gasteiger partial charge is 0.396 e. The van der Waals surface area contributed by atoms with Crippen LogP contribution in [0.15, 0.2) is 18.2 Å². The molecule has 2 aromatic rings. The zero-order valence-corrected chi connectivity index (χ0v) is 12.9. The van der Waals surface area contributed by atoms with Gasteiger partial charge in [-0.25, -0.2) is 4.39 Å². The Hall–Kier alpha value is -1.17. The fraction of sp³-hybridized carbons (Fsp3) is 0.400.